The second-order valence-corrected chi connectivity index (χ2v) is 4.89. The van der Waals surface area contributed by atoms with E-state index in [-0.39, 0.29) is 6.42 Å². The third-order valence-corrected chi connectivity index (χ3v) is 3.37. The minimum Gasteiger partial charge on any atom is -0.792 e. The van der Waals surface area contributed by atoms with Crippen LogP contribution >= 0.6 is 0 Å². The van der Waals surface area contributed by atoms with Crippen LogP contribution in [0.3, 0.4) is 0 Å². The molecule has 0 aliphatic heterocycles. The zero-order chi connectivity index (χ0) is 16.3. The molecular formula is C14H13N2O6-. The third kappa shape index (κ3) is 2.91. The second-order valence-electron chi connectivity index (χ2n) is 4.89. The lowest BCUT2D eigenvalue weighted by Crippen LogP contribution is -2.44. The molecule has 8 heteroatoms. The molecule has 0 aliphatic carbocycles. The molecule has 0 bridgehead atoms. The Morgan fingerprint density at radius 3 is 2.55 bits per heavy atom. The van der Waals surface area contributed by atoms with E-state index in [0.717, 1.165) is 5.52 Å². The summed E-state index contributed by atoms with van der Waals surface area (Å²) in [6.07, 6.45) is 0.284. The third-order valence-electron chi connectivity index (χ3n) is 3.37. The van der Waals surface area contributed by atoms with Crippen molar-refractivity contribution in [2.45, 2.75) is 18.4 Å². The minimum atomic E-state index is -2.44. The van der Waals surface area contributed by atoms with Gasteiger partial charge in [0, 0.05) is 29.9 Å². The molecule has 0 fully saturated rings. The van der Waals surface area contributed by atoms with Crippen molar-refractivity contribution in [3.8, 4) is 0 Å². The van der Waals surface area contributed by atoms with Gasteiger partial charge in [0.2, 0.25) is 0 Å². The highest BCUT2D eigenvalue weighted by atomic mass is 16.4. The van der Waals surface area contributed by atoms with Crippen molar-refractivity contribution in [2.24, 2.45) is 5.16 Å². The van der Waals surface area contributed by atoms with Crippen LogP contribution in [0.1, 0.15) is 12.0 Å². The summed E-state index contributed by atoms with van der Waals surface area (Å²) in [7, 11) is 0. The van der Waals surface area contributed by atoms with Crippen molar-refractivity contribution in [1.82, 2.24) is 4.98 Å². The fraction of sp³-hybridized carbons (Fsp3) is 0.214. The van der Waals surface area contributed by atoms with Crippen LogP contribution < -0.4 is 0 Å². The number of rotatable bonds is 6. The maximum atomic E-state index is 11.3. The van der Waals surface area contributed by atoms with Gasteiger partial charge < -0.3 is 30.7 Å². The Morgan fingerprint density at radius 1 is 1.27 bits per heavy atom. The molecule has 4 N–H and O–H groups in total. The van der Waals surface area contributed by atoms with E-state index in [0.29, 0.717) is 10.9 Å². The lowest BCUT2D eigenvalue weighted by molar-refractivity contribution is -0.157. The Kier molecular flexibility index (Phi) is 4.13. The van der Waals surface area contributed by atoms with E-state index < -0.39 is 29.7 Å². The predicted molar refractivity (Wildman–Crippen MR) is 77.6 cm³/mol. The van der Waals surface area contributed by atoms with Gasteiger partial charge in [-0.05, 0) is 11.6 Å². The van der Waals surface area contributed by atoms with Gasteiger partial charge in [-0.2, -0.15) is 0 Å². The largest absolute Gasteiger partial charge is 0.792 e. The van der Waals surface area contributed by atoms with Crippen LogP contribution in [0.25, 0.3) is 10.9 Å². The molecule has 1 atom stereocenters. The van der Waals surface area contributed by atoms with Crippen LogP contribution in [0.4, 0.5) is 0 Å². The van der Waals surface area contributed by atoms with E-state index in [9.17, 15) is 25.0 Å². The van der Waals surface area contributed by atoms with Crippen molar-refractivity contribution in [3.05, 3.63) is 41.2 Å². The maximum Gasteiger partial charge on any atom is 0.349 e. The van der Waals surface area contributed by atoms with Crippen molar-refractivity contribution >= 4 is 28.6 Å². The van der Waals surface area contributed by atoms with Crippen LogP contribution in [0, 0.1) is 5.21 Å². The monoisotopic (exact) mass is 305 g/mol. The topological polar surface area (TPSA) is 146 Å². The van der Waals surface area contributed by atoms with Gasteiger partial charge in [-0.15, -0.1) is 0 Å². The Bertz CT molecular complexity index is 751. The number of aromatic nitrogens is 1. The van der Waals surface area contributed by atoms with Gasteiger partial charge in [-0.25, -0.2) is 9.59 Å². The first-order chi connectivity index (χ1) is 10.4. The summed E-state index contributed by atoms with van der Waals surface area (Å²) >= 11 is 0. The number of aliphatic hydroxyl groups is 1. The van der Waals surface area contributed by atoms with Gasteiger partial charge in [-0.3, -0.25) is 0 Å². The highest BCUT2D eigenvalue weighted by Crippen LogP contribution is 2.25. The van der Waals surface area contributed by atoms with E-state index in [1.165, 1.54) is 6.20 Å². The fourth-order valence-electron chi connectivity index (χ4n) is 2.23. The molecular weight excluding hydrogens is 292 g/mol. The van der Waals surface area contributed by atoms with E-state index in [1.807, 2.05) is 0 Å². The number of carboxylic acids is 2. The van der Waals surface area contributed by atoms with Gasteiger partial charge in [0.15, 0.2) is 5.60 Å². The van der Waals surface area contributed by atoms with Crippen molar-refractivity contribution in [1.29, 1.82) is 0 Å². The van der Waals surface area contributed by atoms with Gasteiger partial charge in [0.25, 0.3) is 0 Å². The zero-order valence-electron chi connectivity index (χ0n) is 11.3. The molecule has 2 rings (SSSR count). The molecule has 2 aromatic rings. The summed E-state index contributed by atoms with van der Waals surface area (Å²) < 4.78 is 0. The molecule has 22 heavy (non-hydrogen) atoms. The number of aromatic amines is 1. The number of H-pyrrole nitrogens is 1. The quantitative estimate of drug-likeness (QED) is 0.461. The first kappa shape index (κ1) is 15.5. The molecule has 1 aromatic heterocycles. The lowest BCUT2D eigenvalue weighted by Gasteiger charge is -2.23. The minimum absolute atomic E-state index is 0.362. The van der Waals surface area contributed by atoms with Crippen LogP contribution in [-0.2, 0) is 16.0 Å². The Morgan fingerprint density at radius 2 is 1.95 bits per heavy atom. The number of fused-ring (bicyclic) bond motifs is 1. The molecule has 0 spiro atoms. The normalized spacial score (nSPS) is 14.7. The number of aliphatic carboxylic acids is 2. The first-order valence-corrected chi connectivity index (χ1v) is 6.30. The summed E-state index contributed by atoms with van der Waals surface area (Å²) in [6, 6.07) is 7.06. The summed E-state index contributed by atoms with van der Waals surface area (Å²) in [5, 5.41) is 41.7. The molecule has 0 aliphatic rings. The Labute approximate surface area is 124 Å². The zero-order valence-corrected chi connectivity index (χ0v) is 11.3. The van der Waals surface area contributed by atoms with E-state index >= 15 is 0 Å². The number of nitrogens with one attached hydrogen (secondary N) is 1. The number of carboxylic acid groups (broad SMARTS) is 2. The van der Waals surface area contributed by atoms with Crippen molar-refractivity contribution < 1.29 is 24.9 Å². The second kappa shape index (κ2) is 5.86. The van der Waals surface area contributed by atoms with E-state index in [2.05, 4.69) is 10.1 Å². The van der Waals surface area contributed by atoms with E-state index in [1.54, 1.807) is 24.3 Å². The number of benzene rings is 1. The molecule has 0 radical (unpaired) electrons. The highest BCUT2D eigenvalue weighted by molar-refractivity contribution is 6.36. The molecule has 8 nitrogen and oxygen atoms in total. The number of para-hydroxylation sites is 1. The Balaban J connectivity index is 2.36. The van der Waals surface area contributed by atoms with E-state index in [4.69, 9.17) is 5.11 Å². The maximum absolute atomic E-state index is 11.3. The Hall–Kier alpha value is -2.87. The predicted octanol–water partition coefficient (Wildman–Crippen LogP) is 0.940. The summed E-state index contributed by atoms with van der Waals surface area (Å²) in [4.78, 5) is 25.1. The van der Waals surface area contributed by atoms with Crippen LogP contribution in [0.5, 0.6) is 0 Å². The molecule has 0 saturated heterocycles. The standard InChI is InChI=1S/C14H14N2O6/c17-12(18)11(16-22)6-14(21,13(19)20)5-8-7-15-10-4-2-1-3-9(8)10/h1-4,7,15,21-22H,5-6H2,(H,17,18)(H,19,20)/p-1/b16-11+/t14-/m1/s1. The van der Waals surface area contributed by atoms with Crippen LogP contribution in [0.2, 0.25) is 0 Å². The number of hydrogen-bond donors (Lipinski definition) is 4. The number of nitrogens with zero attached hydrogens (tertiary/aromatic N) is 1. The molecule has 0 amide bonds. The lowest BCUT2D eigenvalue weighted by atomic mass is 9.89. The molecule has 1 heterocycles. The highest BCUT2D eigenvalue weighted by Gasteiger charge is 2.39. The molecule has 1 aromatic carbocycles. The summed E-state index contributed by atoms with van der Waals surface area (Å²) in [5.41, 5.74) is -2.13. The van der Waals surface area contributed by atoms with Crippen LogP contribution in [-0.4, -0.2) is 43.6 Å². The number of carbonyl (C=O) groups is 2. The van der Waals surface area contributed by atoms with Gasteiger partial charge in [0.1, 0.15) is 5.71 Å². The number of hydrogen-bond acceptors (Lipinski definition) is 5. The van der Waals surface area contributed by atoms with Crippen molar-refractivity contribution in [2.75, 3.05) is 0 Å². The summed E-state index contributed by atoms with van der Waals surface area (Å²) in [5.74, 6) is -3.28. The van der Waals surface area contributed by atoms with Crippen LogP contribution in [0.15, 0.2) is 35.6 Å². The first-order valence-electron chi connectivity index (χ1n) is 6.30. The van der Waals surface area contributed by atoms with Gasteiger partial charge in [0.05, 0.1) is 0 Å². The molecule has 0 saturated carbocycles. The van der Waals surface area contributed by atoms with Crippen molar-refractivity contribution in [3.63, 3.8) is 0 Å². The molecule has 0 unspecified atom stereocenters. The average Bonchev–Trinajstić information content (AvgIpc) is 2.87. The van der Waals surface area contributed by atoms with Gasteiger partial charge >= 0.3 is 11.9 Å². The summed E-state index contributed by atoms with van der Waals surface area (Å²) in [6.45, 7) is 0. The molecule has 116 valence electrons. The fourth-order valence-corrected chi connectivity index (χ4v) is 2.23. The SMILES string of the molecule is O=C(O)/C(C[C@](O)(Cc1c[nH]c2ccccc12)C(=O)O)=N/[O-]. The smallest absolute Gasteiger partial charge is 0.349 e. The van der Waals surface area contributed by atoms with Gasteiger partial charge in [-0.1, -0.05) is 18.2 Å². The average molecular weight is 305 g/mol.